The third kappa shape index (κ3) is 5.97. The lowest BCUT2D eigenvalue weighted by atomic mass is 10.2. The molecule has 1 unspecified atom stereocenters. The van der Waals surface area contributed by atoms with E-state index in [0.717, 1.165) is 19.3 Å². The second-order valence-electron chi connectivity index (χ2n) is 6.96. The van der Waals surface area contributed by atoms with Crippen LogP contribution in [-0.4, -0.2) is 56.7 Å². The van der Waals surface area contributed by atoms with Crippen LogP contribution in [0.15, 0.2) is 29.3 Å². The van der Waals surface area contributed by atoms with Gasteiger partial charge in [-0.1, -0.05) is 12.1 Å². The molecule has 1 aliphatic heterocycles. The lowest BCUT2D eigenvalue weighted by Gasteiger charge is -2.22. The Morgan fingerprint density at radius 1 is 1.25 bits per heavy atom. The van der Waals surface area contributed by atoms with Gasteiger partial charge in [-0.3, -0.25) is 4.79 Å². The van der Waals surface area contributed by atoms with E-state index in [-0.39, 0.29) is 24.2 Å². The zero-order valence-electron chi connectivity index (χ0n) is 16.0. The highest BCUT2D eigenvalue weighted by Gasteiger charge is 2.26. The van der Waals surface area contributed by atoms with Crippen LogP contribution in [0, 0.1) is 0 Å². The van der Waals surface area contributed by atoms with Crippen LogP contribution in [0.3, 0.4) is 0 Å². The Labute approximate surface area is 163 Å². The third-order valence-electron chi connectivity index (χ3n) is 4.62. The average molecular weight is 395 g/mol. The minimum Gasteiger partial charge on any atom is -0.433 e. The van der Waals surface area contributed by atoms with Crippen LogP contribution in [0.1, 0.15) is 26.2 Å². The maximum absolute atomic E-state index is 12.6. The molecule has 3 rings (SSSR count). The zero-order valence-corrected chi connectivity index (χ0v) is 16.0. The highest BCUT2D eigenvalue weighted by molar-refractivity contribution is 5.85. The molecule has 0 bridgehead atoms. The number of benzene rings is 1. The Morgan fingerprint density at radius 2 is 2.04 bits per heavy atom. The van der Waals surface area contributed by atoms with Gasteiger partial charge < -0.3 is 25.6 Å². The van der Waals surface area contributed by atoms with Gasteiger partial charge in [0.15, 0.2) is 5.96 Å². The Morgan fingerprint density at radius 3 is 2.75 bits per heavy atom. The molecule has 1 amide bonds. The predicted octanol–water partition coefficient (Wildman–Crippen LogP) is 1.70. The van der Waals surface area contributed by atoms with Gasteiger partial charge in [-0.2, -0.15) is 8.78 Å². The van der Waals surface area contributed by atoms with Crippen LogP contribution in [0.25, 0.3) is 0 Å². The van der Waals surface area contributed by atoms with Crippen molar-refractivity contribution in [2.45, 2.75) is 44.9 Å². The summed E-state index contributed by atoms with van der Waals surface area (Å²) < 4.78 is 29.9. The minimum absolute atomic E-state index is 0.0767. The minimum atomic E-state index is -2.85. The Balaban J connectivity index is 1.56. The SMILES string of the molecule is CCNC(=NCC(=O)NC1CC1)NC1CCN(c2ccccc2OC(F)F)C1. The molecule has 1 aliphatic carbocycles. The molecule has 1 saturated carbocycles. The van der Waals surface area contributed by atoms with Gasteiger partial charge in [-0.15, -0.1) is 0 Å². The van der Waals surface area contributed by atoms with Gasteiger partial charge >= 0.3 is 6.61 Å². The molecular formula is C19H27F2N5O2. The molecule has 1 saturated heterocycles. The maximum Gasteiger partial charge on any atom is 0.387 e. The Bertz CT molecular complexity index is 697. The molecule has 0 radical (unpaired) electrons. The molecule has 2 aliphatic rings. The van der Waals surface area contributed by atoms with Crippen LogP contribution >= 0.6 is 0 Å². The fraction of sp³-hybridized carbons (Fsp3) is 0.579. The highest BCUT2D eigenvalue weighted by atomic mass is 19.3. The summed E-state index contributed by atoms with van der Waals surface area (Å²) in [4.78, 5) is 18.2. The zero-order chi connectivity index (χ0) is 19.9. The predicted molar refractivity (Wildman–Crippen MR) is 104 cm³/mol. The molecule has 7 nitrogen and oxygen atoms in total. The first-order chi connectivity index (χ1) is 13.5. The maximum atomic E-state index is 12.6. The Hall–Kier alpha value is -2.58. The second kappa shape index (κ2) is 9.57. The fourth-order valence-electron chi connectivity index (χ4n) is 3.18. The van der Waals surface area contributed by atoms with E-state index in [9.17, 15) is 13.6 Å². The fourth-order valence-corrected chi connectivity index (χ4v) is 3.18. The van der Waals surface area contributed by atoms with Crippen molar-refractivity contribution < 1.29 is 18.3 Å². The normalized spacial score (nSPS) is 19.6. The summed E-state index contributed by atoms with van der Waals surface area (Å²) in [5, 5.41) is 9.38. The van der Waals surface area contributed by atoms with Gasteiger partial charge in [0.05, 0.1) is 5.69 Å². The number of amides is 1. The van der Waals surface area contributed by atoms with Crippen molar-refractivity contribution >= 4 is 17.6 Å². The van der Waals surface area contributed by atoms with Gasteiger partial charge in [-0.25, -0.2) is 4.99 Å². The summed E-state index contributed by atoms with van der Waals surface area (Å²) in [7, 11) is 0. The number of guanidine groups is 1. The van der Waals surface area contributed by atoms with Crippen molar-refractivity contribution in [1.82, 2.24) is 16.0 Å². The molecule has 28 heavy (non-hydrogen) atoms. The summed E-state index contributed by atoms with van der Waals surface area (Å²) >= 11 is 0. The lowest BCUT2D eigenvalue weighted by molar-refractivity contribution is -0.119. The first-order valence-electron chi connectivity index (χ1n) is 9.68. The van der Waals surface area contributed by atoms with Crippen molar-refractivity contribution in [3.63, 3.8) is 0 Å². The summed E-state index contributed by atoms with van der Waals surface area (Å²) in [5.41, 5.74) is 0.651. The van der Waals surface area contributed by atoms with Gasteiger partial charge in [0.1, 0.15) is 12.3 Å². The highest BCUT2D eigenvalue weighted by Crippen LogP contribution is 2.31. The number of hydrogen-bond acceptors (Lipinski definition) is 4. The van der Waals surface area contributed by atoms with E-state index >= 15 is 0 Å². The van der Waals surface area contributed by atoms with Crippen molar-refractivity contribution in [3.8, 4) is 5.75 Å². The molecule has 0 spiro atoms. The van der Waals surface area contributed by atoms with Crippen molar-refractivity contribution in [2.75, 3.05) is 31.1 Å². The number of nitrogens with zero attached hydrogens (tertiary/aromatic N) is 2. The number of ether oxygens (including phenoxy) is 1. The van der Waals surface area contributed by atoms with Gasteiger partial charge in [-0.05, 0) is 38.3 Å². The molecule has 1 aromatic carbocycles. The van der Waals surface area contributed by atoms with E-state index in [2.05, 4.69) is 25.7 Å². The van der Waals surface area contributed by atoms with E-state index in [1.807, 2.05) is 11.8 Å². The van der Waals surface area contributed by atoms with Crippen LogP contribution in [0.2, 0.25) is 0 Å². The van der Waals surface area contributed by atoms with E-state index in [1.165, 1.54) is 0 Å². The van der Waals surface area contributed by atoms with E-state index in [4.69, 9.17) is 0 Å². The molecular weight excluding hydrogens is 368 g/mol. The molecule has 1 heterocycles. The number of carbonyl (C=O) groups excluding carboxylic acids is 1. The third-order valence-corrected chi connectivity index (χ3v) is 4.62. The summed E-state index contributed by atoms with van der Waals surface area (Å²) in [6.45, 7) is 1.20. The number of hydrogen-bond donors (Lipinski definition) is 3. The smallest absolute Gasteiger partial charge is 0.387 e. The largest absolute Gasteiger partial charge is 0.433 e. The number of anilines is 1. The standard InChI is InChI=1S/C19H27F2N5O2/c1-2-22-19(23-11-17(27)24-13-7-8-13)25-14-9-10-26(12-14)15-5-3-4-6-16(15)28-18(20)21/h3-6,13-14,18H,2,7-12H2,1H3,(H,24,27)(H2,22,23,25). The lowest BCUT2D eigenvalue weighted by Crippen LogP contribution is -2.45. The molecule has 0 aromatic heterocycles. The number of para-hydroxylation sites is 2. The van der Waals surface area contributed by atoms with Gasteiger partial charge in [0.25, 0.3) is 0 Å². The molecule has 9 heteroatoms. The summed E-state index contributed by atoms with van der Waals surface area (Å²) in [6.07, 6.45) is 2.91. The second-order valence-corrected chi connectivity index (χ2v) is 6.96. The van der Waals surface area contributed by atoms with Crippen LogP contribution in [0.5, 0.6) is 5.75 Å². The van der Waals surface area contributed by atoms with E-state index < -0.39 is 6.61 Å². The first kappa shape index (κ1) is 20.2. The molecule has 154 valence electrons. The number of halogens is 2. The molecule has 2 fully saturated rings. The quantitative estimate of drug-likeness (QED) is 0.461. The molecule has 3 N–H and O–H groups in total. The number of rotatable bonds is 8. The molecule has 1 atom stereocenters. The van der Waals surface area contributed by atoms with Crippen molar-refractivity contribution in [1.29, 1.82) is 0 Å². The number of carbonyl (C=O) groups is 1. The van der Waals surface area contributed by atoms with Crippen LogP contribution in [0.4, 0.5) is 14.5 Å². The van der Waals surface area contributed by atoms with Crippen molar-refractivity contribution in [3.05, 3.63) is 24.3 Å². The average Bonchev–Trinajstić information content (AvgIpc) is 3.35. The monoisotopic (exact) mass is 395 g/mol. The summed E-state index contributed by atoms with van der Waals surface area (Å²) in [5.74, 6) is 0.679. The van der Waals surface area contributed by atoms with Crippen LogP contribution in [-0.2, 0) is 4.79 Å². The Kier molecular flexibility index (Phi) is 6.89. The molecule has 1 aromatic rings. The van der Waals surface area contributed by atoms with E-state index in [1.54, 1.807) is 24.3 Å². The topological polar surface area (TPSA) is 78.0 Å². The van der Waals surface area contributed by atoms with Crippen molar-refractivity contribution in [2.24, 2.45) is 4.99 Å². The summed E-state index contributed by atoms with van der Waals surface area (Å²) in [6, 6.07) is 7.21. The van der Waals surface area contributed by atoms with Gasteiger partial charge in [0.2, 0.25) is 5.91 Å². The number of aliphatic imine (C=N–C) groups is 1. The van der Waals surface area contributed by atoms with Crippen LogP contribution < -0.4 is 25.6 Å². The van der Waals surface area contributed by atoms with Gasteiger partial charge in [0, 0.05) is 31.7 Å². The number of alkyl halides is 2. The van der Waals surface area contributed by atoms with E-state index in [0.29, 0.717) is 37.3 Å². The first-order valence-corrected chi connectivity index (χ1v) is 9.68. The number of nitrogens with one attached hydrogen (secondary N) is 3.